The Balaban J connectivity index is 0.000000155. The van der Waals surface area contributed by atoms with Crippen molar-refractivity contribution >= 4 is 10.8 Å². The van der Waals surface area contributed by atoms with Crippen LogP contribution in [-0.2, 0) is 0 Å². The van der Waals surface area contributed by atoms with Gasteiger partial charge in [0.1, 0.15) is 6.33 Å². The zero-order chi connectivity index (χ0) is 12.9. The normalized spacial score (nSPS) is 13.7. The lowest BCUT2D eigenvalue weighted by atomic mass is 10.0. The van der Waals surface area contributed by atoms with E-state index in [9.17, 15) is 0 Å². The van der Waals surface area contributed by atoms with Crippen molar-refractivity contribution in [3.05, 3.63) is 72.8 Å². The maximum Gasteiger partial charge on any atom is 0.115 e. The number of rotatable bonds is 1. The summed E-state index contributed by atoms with van der Waals surface area (Å²) in [5, 5.41) is 2.83. The van der Waals surface area contributed by atoms with Crippen molar-refractivity contribution in [3.63, 3.8) is 0 Å². The fourth-order valence-corrected chi connectivity index (χ4v) is 2.25. The first-order chi connectivity index (χ1) is 9.45. The highest BCUT2D eigenvalue weighted by Gasteiger charge is 2.24. The van der Waals surface area contributed by atoms with Crippen molar-refractivity contribution in [2.75, 3.05) is 0 Å². The van der Waals surface area contributed by atoms with Crippen molar-refractivity contribution in [1.82, 2.24) is 9.97 Å². The van der Waals surface area contributed by atoms with Crippen molar-refractivity contribution in [2.45, 2.75) is 18.8 Å². The number of aromatic nitrogens is 2. The second-order valence-electron chi connectivity index (χ2n) is 4.75. The molecular weight excluding hydrogens is 232 g/mol. The molecule has 1 aromatic heterocycles. The van der Waals surface area contributed by atoms with Gasteiger partial charge in [-0.1, -0.05) is 42.5 Å². The molecule has 2 heteroatoms. The SMILES string of the molecule is c1ccc2c(C3CC3)cccc2c1.c1cncnc1. The molecule has 0 bridgehead atoms. The summed E-state index contributed by atoms with van der Waals surface area (Å²) in [6, 6.07) is 17.1. The van der Waals surface area contributed by atoms with Crippen LogP contribution < -0.4 is 0 Å². The molecule has 4 rings (SSSR count). The van der Waals surface area contributed by atoms with Gasteiger partial charge in [-0.2, -0.15) is 0 Å². The molecule has 2 nitrogen and oxygen atoms in total. The second kappa shape index (κ2) is 5.61. The molecule has 0 aliphatic heterocycles. The fraction of sp³-hybridized carbons (Fsp3) is 0.176. The molecule has 0 saturated heterocycles. The van der Waals surface area contributed by atoms with E-state index in [0.717, 1.165) is 5.92 Å². The summed E-state index contributed by atoms with van der Waals surface area (Å²) >= 11 is 0. The van der Waals surface area contributed by atoms with Crippen LogP contribution in [0.5, 0.6) is 0 Å². The largest absolute Gasteiger partial charge is 0.245 e. The Kier molecular flexibility index (Phi) is 3.50. The minimum atomic E-state index is 0.853. The summed E-state index contributed by atoms with van der Waals surface area (Å²) in [4.78, 5) is 7.35. The predicted octanol–water partition coefficient (Wildman–Crippen LogP) is 4.19. The van der Waals surface area contributed by atoms with E-state index in [1.54, 1.807) is 24.0 Å². The van der Waals surface area contributed by atoms with Crippen LogP contribution >= 0.6 is 0 Å². The standard InChI is InChI=1S/C13H12.C4H4N2/c1-2-6-12-10(4-1)5-3-7-13(12)11-8-9-11;1-2-5-4-6-3-1/h1-7,11H,8-9H2;1-4H. The Morgan fingerprint density at radius 3 is 2.16 bits per heavy atom. The lowest BCUT2D eigenvalue weighted by Crippen LogP contribution is -1.81. The highest BCUT2D eigenvalue weighted by Crippen LogP contribution is 2.42. The number of benzene rings is 2. The molecule has 0 unspecified atom stereocenters. The Bertz CT molecular complexity index is 614. The van der Waals surface area contributed by atoms with Gasteiger partial charge in [-0.15, -0.1) is 0 Å². The molecule has 0 spiro atoms. The molecule has 1 aliphatic carbocycles. The zero-order valence-electron chi connectivity index (χ0n) is 10.7. The Labute approximate surface area is 113 Å². The second-order valence-corrected chi connectivity index (χ2v) is 4.75. The quantitative estimate of drug-likeness (QED) is 0.645. The Morgan fingerprint density at radius 1 is 0.789 bits per heavy atom. The highest BCUT2D eigenvalue weighted by molar-refractivity contribution is 5.86. The third kappa shape index (κ3) is 2.97. The lowest BCUT2D eigenvalue weighted by Gasteiger charge is -2.03. The Morgan fingerprint density at radius 2 is 1.53 bits per heavy atom. The van der Waals surface area contributed by atoms with E-state index in [1.807, 2.05) is 0 Å². The van der Waals surface area contributed by atoms with Gasteiger partial charge in [0.15, 0.2) is 0 Å². The summed E-state index contributed by atoms with van der Waals surface area (Å²) in [6.45, 7) is 0. The van der Waals surface area contributed by atoms with Crippen molar-refractivity contribution < 1.29 is 0 Å². The molecule has 94 valence electrons. The summed E-state index contributed by atoms with van der Waals surface area (Å²) in [6.07, 6.45) is 7.64. The average Bonchev–Trinajstić information content (AvgIpc) is 3.34. The third-order valence-electron chi connectivity index (χ3n) is 3.32. The fourth-order valence-electron chi connectivity index (χ4n) is 2.25. The minimum Gasteiger partial charge on any atom is -0.245 e. The monoisotopic (exact) mass is 248 g/mol. The summed E-state index contributed by atoms with van der Waals surface area (Å²) in [5.74, 6) is 0.853. The molecule has 1 aliphatic rings. The van der Waals surface area contributed by atoms with Gasteiger partial charge in [0.05, 0.1) is 0 Å². The molecule has 0 amide bonds. The maximum absolute atomic E-state index is 3.67. The smallest absolute Gasteiger partial charge is 0.115 e. The van der Waals surface area contributed by atoms with E-state index in [0.29, 0.717) is 0 Å². The van der Waals surface area contributed by atoms with Gasteiger partial charge in [0, 0.05) is 12.4 Å². The number of fused-ring (bicyclic) bond motifs is 1. The van der Waals surface area contributed by atoms with Gasteiger partial charge >= 0.3 is 0 Å². The van der Waals surface area contributed by atoms with Gasteiger partial charge in [-0.3, -0.25) is 0 Å². The first kappa shape index (κ1) is 11.8. The van der Waals surface area contributed by atoms with Crippen LogP contribution in [0.3, 0.4) is 0 Å². The van der Waals surface area contributed by atoms with E-state index in [2.05, 4.69) is 52.4 Å². The van der Waals surface area contributed by atoms with Gasteiger partial charge < -0.3 is 0 Å². The first-order valence-corrected chi connectivity index (χ1v) is 6.63. The summed E-state index contributed by atoms with van der Waals surface area (Å²) in [7, 11) is 0. The van der Waals surface area contributed by atoms with Crippen LogP contribution in [0.2, 0.25) is 0 Å². The van der Waals surface area contributed by atoms with E-state index in [4.69, 9.17) is 0 Å². The van der Waals surface area contributed by atoms with Crippen LogP contribution in [0.25, 0.3) is 10.8 Å². The summed E-state index contributed by atoms with van der Waals surface area (Å²) < 4.78 is 0. The molecule has 0 radical (unpaired) electrons. The van der Waals surface area contributed by atoms with Crippen LogP contribution in [-0.4, -0.2) is 9.97 Å². The molecule has 2 aromatic carbocycles. The van der Waals surface area contributed by atoms with E-state index < -0.39 is 0 Å². The maximum atomic E-state index is 3.67. The molecule has 19 heavy (non-hydrogen) atoms. The zero-order valence-corrected chi connectivity index (χ0v) is 10.7. The molecule has 1 heterocycles. The van der Waals surface area contributed by atoms with Gasteiger partial charge in [0.25, 0.3) is 0 Å². The van der Waals surface area contributed by atoms with Gasteiger partial charge in [-0.05, 0) is 41.2 Å². The molecule has 1 saturated carbocycles. The van der Waals surface area contributed by atoms with E-state index >= 15 is 0 Å². The molecule has 3 aromatic rings. The lowest BCUT2D eigenvalue weighted by molar-refractivity contribution is 1.15. The number of hydrogen-bond acceptors (Lipinski definition) is 2. The van der Waals surface area contributed by atoms with Crippen LogP contribution in [0.15, 0.2) is 67.3 Å². The van der Waals surface area contributed by atoms with Crippen molar-refractivity contribution in [1.29, 1.82) is 0 Å². The van der Waals surface area contributed by atoms with Crippen LogP contribution in [0.4, 0.5) is 0 Å². The molecular formula is C17H16N2. The third-order valence-corrected chi connectivity index (χ3v) is 3.32. The predicted molar refractivity (Wildman–Crippen MR) is 78.0 cm³/mol. The van der Waals surface area contributed by atoms with E-state index in [-0.39, 0.29) is 0 Å². The van der Waals surface area contributed by atoms with E-state index in [1.165, 1.54) is 29.9 Å². The highest BCUT2D eigenvalue weighted by atomic mass is 14.8. The van der Waals surface area contributed by atoms with Crippen molar-refractivity contribution in [2.24, 2.45) is 0 Å². The van der Waals surface area contributed by atoms with Crippen LogP contribution in [0.1, 0.15) is 24.3 Å². The average molecular weight is 248 g/mol. The summed E-state index contributed by atoms with van der Waals surface area (Å²) in [5.41, 5.74) is 1.55. The van der Waals surface area contributed by atoms with Gasteiger partial charge in [0.2, 0.25) is 0 Å². The minimum absolute atomic E-state index is 0.853. The number of hydrogen-bond donors (Lipinski definition) is 0. The Hall–Kier alpha value is -2.22. The molecule has 1 fully saturated rings. The topological polar surface area (TPSA) is 25.8 Å². The molecule has 0 N–H and O–H groups in total. The molecule has 0 atom stereocenters. The van der Waals surface area contributed by atoms with Crippen molar-refractivity contribution in [3.8, 4) is 0 Å². The first-order valence-electron chi connectivity index (χ1n) is 6.63. The van der Waals surface area contributed by atoms with Gasteiger partial charge in [-0.25, -0.2) is 9.97 Å². The van der Waals surface area contributed by atoms with Crippen LogP contribution in [0, 0.1) is 0 Å². The number of nitrogens with zero attached hydrogens (tertiary/aromatic N) is 2.